The maximum atomic E-state index is 11.1. The summed E-state index contributed by atoms with van der Waals surface area (Å²) in [7, 11) is 0. The zero-order chi connectivity index (χ0) is 14.5. The summed E-state index contributed by atoms with van der Waals surface area (Å²) in [5.41, 5.74) is 0.419. The third kappa shape index (κ3) is 3.49. The molecule has 0 spiro atoms. The van der Waals surface area contributed by atoms with Crippen LogP contribution in [0.1, 0.15) is 5.56 Å². The second-order valence-electron chi connectivity index (χ2n) is 3.78. The van der Waals surface area contributed by atoms with Crippen LogP contribution in [0, 0.1) is 10.1 Å². The van der Waals surface area contributed by atoms with E-state index in [-0.39, 0.29) is 5.69 Å². The summed E-state index contributed by atoms with van der Waals surface area (Å²) in [6.45, 7) is 0. The molecule has 0 aromatic heterocycles. The van der Waals surface area contributed by atoms with Gasteiger partial charge >= 0.3 is 0 Å². The summed E-state index contributed by atoms with van der Waals surface area (Å²) in [6, 6.07) is 11.7. The Balaban J connectivity index is 2.35. The van der Waals surface area contributed by atoms with Gasteiger partial charge < -0.3 is 5.21 Å². The Bertz CT molecular complexity index is 659. The monoisotopic (exact) mass is 308 g/mol. The topological polar surface area (TPSA) is 75.7 Å². The Kier molecular flexibility index (Phi) is 4.60. The lowest BCUT2D eigenvalue weighted by Crippen LogP contribution is -1.93. The van der Waals surface area contributed by atoms with Crippen molar-refractivity contribution in [1.29, 1.82) is 0 Å². The molecule has 0 bridgehead atoms. The van der Waals surface area contributed by atoms with Crippen molar-refractivity contribution >= 4 is 35.3 Å². The molecular formula is C13H9ClN2O3S. The van der Waals surface area contributed by atoms with Crippen LogP contribution in [-0.4, -0.2) is 16.3 Å². The van der Waals surface area contributed by atoms with Gasteiger partial charge in [-0.05, 0) is 30.3 Å². The number of benzene rings is 2. The lowest BCUT2D eigenvalue weighted by molar-refractivity contribution is -0.387. The van der Waals surface area contributed by atoms with Gasteiger partial charge in [0, 0.05) is 21.5 Å². The van der Waals surface area contributed by atoms with Crippen molar-refractivity contribution in [2.24, 2.45) is 5.16 Å². The quantitative estimate of drug-likeness (QED) is 0.397. The van der Waals surface area contributed by atoms with Crippen molar-refractivity contribution in [2.75, 3.05) is 0 Å². The van der Waals surface area contributed by atoms with E-state index in [9.17, 15) is 10.1 Å². The fourth-order valence-corrected chi connectivity index (χ4v) is 2.57. The number of nitrogens with zero attached hydrogens (tertiary/aromatic N) is 2. The van der Waals surface area contributed by atoms with Gasteiger partial charge in [0.15, 0.2) is 0 Å². The molecule has 0 unspecified atom stereocenters. The number of hydrogen-bond donors (Lipinski definition) is 1. The molecule has 0 amide bonds. The lowest BCUT2D eigenvalue weighted by Gasteiger charge is -2.04. The number of rotatable bonds is 4. The summed E-state index contributed by atoms with van der Waals surface area (Å²) in [6.07, 6.45) is 1.14. The van der Waals surface area contributed by atoms with Crippen LogP contribution in [-0.2, 0) is 0 Å². The Morgan fingerprint density at radius 2 is 1.95 bits per heavy atom. The lowest BCUT2D eigenvalue weighted by atomic mass is 10.2. The average Bonchev–Trinajstić information content (AvgIpc) is 2.43. The van der Waals surface area contributed by atoms with E-state index in [1.54, 1.807) is 36.4 Å². The molecule has 0 aliphatic heterocycles. The van der Waals surface area contributed by atoms with E-state index < -0.39 is 4.92 Å². The molecule has 1 N–H and O–H groups in total. The third-order valence-electron chi connectivity index (χ3n) is 2.43. The van der Waals surface area contributed by atoms with E-state index in [2.05, 4.69) is 5.16 Å². The maximum Gasteiger partial charge on any atom is 0.283 e. The number of nitro benzene ring substituents is 1. The molecule has 102 valence electrons. The van der Waals surface area contributed by atoms with E-state index in [0.717, 1.165) is 11.1 Å². The van der Waals surface area contributed by atoms with Gasteiger partial charge in [-0.25, -0.2) is 0 Å². The second kappa shape index (κ2) is 6.40. The number of oxime groups is 1. The first-order valence-corrected chi connectivity index (χ1v) is 6.69. The van der Waals surface area contributed by atoms with Crippen molar-refractivity contribution in [3.63, 3.8) is 0 Å². The van der Waals surface area contributed by atoms with E-state index in [1.165, 1.54) is 17.8 Å². The summed E-state index contributed by atoms with van der Waals surface area (Å²) in [5.74, 6) is 0. The van der Waals surface area contributed by atoms with E-state index in [0.29, 0.717) is 15.5 Å². The molecule has 2 rings (SSSR count). The molecule has 20 heavy (non-hydrogen) atoms. The predicted molar refractivity (Wildman–Crippen MR) is 78.1 cm³/mol. The van der Waals surface area contributed by atoms with Crippen LogP contribution in [0.25, 0.3) is 0 Å². The van der Waals surface area contributed by atoms with Crippen molar-refractivity contribution in [2.45, 2.75) is 9.79 Å². The molecule has 2 aromatic carbocycles. The minimum absolute atomic E-state index is 0.0395. The van der Waals surface area contributed by atoms with Gasteiger partial charge in [-0.3, -0.25) is 10.1 Å². The molecule has 2 aromatic rings. The maximum absolute atomic E-state index is 11.1. The third-order valence-corrected chi connectivity index (χ3v) is 3.75. The van der Waals surface area contributed by atoms with Crippen LogP contribution in [0.5, 0.6) is 0 Å². The van der Waals surface area contributed by atoms with E-state index in [1.807, 2.05) is 0 Å². The molecule has 0 aliphatic carbocycles. The highest BCUT2D eigenvalue weighted by Gasteiger charge is 2.15. The highest BCUT2D eigenvalue weighted by atomic mass is 35.5. The van der Waals surface area contributed by atoms with E-state index in [4.69, 9.17) is 16.8 Å². The first-order valence-electron chi connectivity index (χ1n) is 5.49. The second-order valence-corrected chi connectivity index (χ2v) is 5.34. The zero-order valence-electron chi connectivity index (χ0n) is 10.1. The summed E-state index contributed by atoms with van der Waals surface area (Å²) >= 11 is 7.07. The molecule has 0 fully saturated rings. The minimum atomic E-state index is -0.465. The summed E-state index contributed by atoms with van der Waals surface area (Å²) in [5, 5.41) is 23.0. The largest absolute Gasteiger partial charge is 0.411 e. The molecule has 0 atom stereocenters. The van der Waals surface area contributed by atoms with Crippen molar-refractivity contribution in [1.82, 2.24) is 0 Å². The number of nitro groups is 1. The molecule has 0 saturated heterocycles. The molecule has 7 heteroatoms. The zero-order valence-corrected chi connectivity index (χ0v) is 11.6. The van der Waals surface area contributed by atoms with Gasteiger partial charge in [0.2, 0.25) is 0 Å². The predicted octanol–water partition coefficient (Wildman–Crippen LogP) is 4.21. The van der Waals surface area contributed by atoms with Crippen molar-refractivity contribution < 1.29 is 10.1 Å². The molecule has 0 saturated carbocycles. The molecule has 0 aliphatic rings. The van der Waals surface area contributed by atoms with Gasteiger partial charge in [-0.1, -0.05) is 34.6 Å². The van der Waals surface area contributed by atoms with Crippen LogP contribution in [0.4, 0.5) is 5.69 Å². The number of halogens is 1. The Morgan fingerprint density at radius 3 is 2.55 bits per heavy atom. The average molecular weight is 309 g/mol. The van der Waals surface area contributed by atoms with Crippen LogP contribution >= 0.6 is 23.4 Å². The first kappa shape index (κ1) is 14.4. The number of hydrogen-bond acceptors (Lipinski definition) is 5. The first-order chi connectivity index (χ1) is 9.60. The van der Waals surface area contributed by atoms with E-state index >= 15 is 0 Å². The summed E-state index contributed by atoms with van der Waals surface area (Å²) < 4.78 is 0. The Labute approximate surface area is 124 Å². The Morgan fingerprint density at radius 1 is 1.25 bits per heavy atom. The van der Waals surface area contributed by atoms with Gasteiger partial charge in [0.05, 0.1) is 16.0 Å². The van der Waals surface area contributed by atoms with Crippen LogP contribution in [0.2, 0.25) is 5.02 Å². The minimum Gasteiger partial charge on any atom is -0.411 e. The molecule has 5 nitrogen and oxygen atoms in total. The molecule has 0 heterocycles. The Hall–Kier alpha value is -2.05. The van der Waals surface area contributed by atoms with Crippen molar-refractivity contribution in [3.05, 3.63) is 63.2 Å². The fourth-order valence-electron chi connectivity index (χ4n) is 1.54. The SMILES string of the molecule is O=[N+]([O-])c1cc(/C=N\O)ccc1Sc1ccc(Cl)cc1. The fraction of sp³-hybridized carbons (Fsp3) is 0. The molecular weight excluding hydrogens is 300 g/mol. The smallest absolute Gasteiger partial charge is 0.283 e. The van der Waals surface area contributed by atoms with Gasteiger partial charge in [0.1, 0.15) is 0 Å². The standard InChI is InChI=1S/C13H9ClN2O3S/c14-10-2-4-11(5-3-10)20-13-6-1-9(8-15-17)7-12(13)16(18)19/h1-8,17H/b15-8-. The highest BCUT2D eigenvalue weighted by Crippen LogP contribution is 2.35. The molecule has 0 radical (unpaired) electrons. The normalized spacial score (nSPS) is 10.8. The van der Waals surface area contributed by atoms with Gasteiger partial charge in [0.25, 0.3) is 5.69 Å². The van der Waals surface area contributed by atoms with Crippen LogP contribution in [0.3, 0.4) is 0 Å². The van der Waals surface area contributed by atoms with Crippen LogP contribution < -0.4 is 0 Å². The summed E-state index contributed by atoms with van der Waals surface area (Å²) in [4.78, 5) is 12.0. The van der Waals surface area contributed by atoms with Gasteiger partial charge in [-0.15, -0.1) is 0 Å². The van der Waals surface area contributed by atoms with Gasteiger partial charge in [-0.2, -0.15) is 0 Å². The van der Waals surface area contributed by atoms with Crippen molar-refractivity contribution in [3.8, 4) is 0 Å². The highest BCUT2D eigenvalue weighted by molar-refractivity contribution is 7.99. The van der Waals surface area contributed by atoms with Crippen LogP contribution in [0.15, 0.2) is 57.4 Å².